The van der Waals surface area contributed by atoms with Crippen LogP contribution >= 0.6 is 0 Å². The number of carbonyl (C=O) groups excluding carboxylic acids is 2. The first-order valence-electron chi connectivity index (χ1n) is 11.0. The summed E-state index contributed by atoms with van der Waals surface area (Å²) in [6, 6.07) is 8.62. The number of hydrogen-bond donors (Lipinski definition) is 1. The summed E-state index contributed by atoms with van der Waals surface area (Å²) in [6.07, 6.45) is 3.72. The van der Waals surface area contributed by atoms with Gasteiger partial charge in [-0.1, -0.05) is 12.1 Å². The number of ether oxygens (including phenoxy) is 1. The molecule has 166 valence electrons. The molecule has 2 fully saturated rings. The van der Waals surface area contributed by atoms with Gasteiger partial charge in [0.15, 0.2) is 0 Å². The van der Waals surface area contributed by atoms with Crippen molar-refractivity contribution in [2.75, 3.05) is 54.4 Å². The van der Waals surface area contributed by atoms with Crippen LogP contribution in [0.15, 0.2) is 24.3 Å². The molecule has 7 nitrogen and oxygen atoms in total. The van der Waals surface area contributed by atoms with Gasteiger partial charge in [0.1, 0.15) is 5.75 Å². The lowest BCUT2D eigenvalue weighted by Crippen LogP contribution is -2.47. The normalized spacial score (nSPS) is 23.1. The second-order valence-electron chi connectivity index (χ2n) is 8.78. The van der Waals surface area contributed by atoms with E-state index in [0.29, 0.717) is 31.6 Å². The van der Waals surface area contributed by atoms with Gasteiger partial charge in [-0.3, -0.25) is 9.69 Å². The van der Waals surface area contributed by atoms with E-state index in [0.717, 1.165) is 38.0 Å². The molecule has 2 unspecified atom stereocenters. The van der Waals surface area contributed by atoms with Gasteiger partial charge in [0.25, 0.3) is 0 Å². The van der Waals surface area contributed by atoms with Crippen LogP contribution < -0.4 is 10.1 Å². The fourth-order valence-electron chi connectivity index (χ4n) is 4.79. The van der Waals surface area contributed by atoms with E-state index in [9.17, 15) is 9.59 Å². The van der Waals surface area contributed by atoms with Crippen molar-refractivity contribution in [3.8, 4) is 5.75 Å². The van der Waals surface area contributed by atoms with Crippen LogP contribution in [-0.4, -0.2) is 81.1 Å². The Morgan fingerprint density at radius 1 is 1.10 bits per heavy atom. The van der Waals surface area contributed by atoms with Gasteiger partial charge in [-0.2, -0.15) is 0 Å². The van der Waals surface area contributed by atoms with E-state index in [-0.39, 0.29) is 17.9 Å². The first-order valence-corrected chi connectivity index (χ1v) is 11.0. The van der Waals surface area contributed by atoms with Gasteiger partial charge in [0.05, 0.1) is 7.11 Å². The third-order valence-corrected chi connectivity index (χ3v) is 6.52. The first kappa shape index (κ1) is 22.4. The van der Waals surface area contributed by atoms with Crippen molar-refractivity contribution in [3.63, 3.8) is 0 Å². The highest BCUT2D eigenvalue weighted by Crippen LogP contribution is 2.35. The van der Waals surface area contributed by atoms with Crippen LogP contribution in [0.3, 0.4) is 0 Å². The smallest absolute Gasteiger partial charge is 0.319 e. The Kier molecular flexibility index (Phi) is 7.58. The van der Waals surface area contributed by atoms with E-state index < -0.39 is 0 Å². The number of nitrogens with zero attached hydrogens (tertiary/aromatic N) is 3. The number of likely N-dealkylation sites (tertiary alicyclic amines) is 2. The largest absolute Gasteiger partial charge is 0.497 e. The van der Waals surface area contributed by atoms with Crippen molar-refractivity contribution >= 4 is 11.9 Å². The minimum Gasteiger partial charge on any atom is -0.497 e. The highest BCUT2D eigenvalue weighted by atomic mass is 16.5. The monoisotopic (exact) mass is 416 g/mol. The zero-order chi connectivity index (χ0) is 21.7. The number of nitrogens with one attached hydrogen (secondary N) is 1. The molecule has 0 bridgehead atoms. The fraction of sp³-hybridized carbons (Fsp3) is 0.652. The second kappa shape index (κ2) is 10.2. The highest BCUT2D eigenvalue weighted by Gasteiger charge is 2.32. The van der Waals surface area contributed by atoms with Crippen LogP contribution in [0, 0.1) is 11.8 Å². The number of piperidine rings is 2. The number of rotatable bonds is 5. The summed E-state index contributed by atoms with van der Waals surface area (Å²) < 4.78 is 5.29. The minimum atomic E-state index is -0.00281. The van der Waals surface area contributed by atoms with Crippen molar-refractivity contribution in [1.29, 1.82) is 0 Å². The van der Waals surface area contributed by atoms with E-state index in [1.807, 2.05) is 17.0 Å². The first-order chi connectivity index (χ1) is 14.4. The molecule has 0 saturated carbocycles. The zero-order valence-electron chi connectivity index (χ0n) is 18.8. The maximum absolute atomic E-state index is 12.8. The molecular formula is C23H36N4O3. The molecular weight excluding hydrogens is 380 g/mol. The SMILES string of the molecule is COc1ccc(C2C(CNC(=O)C3CCN(C(=O)N(C)C)CC3)CCCN2C)cc1. The van der Waals surface area contributed by atoms with Gasteiger partial charge in [-0.25, -0.2) is 4.79 Å². The lowest BCUT2D eigenvalue weighted by atomic mass is 9.84. The van der Waals surface area contributed by atoms with Crippen LogP contribution in [-0.2, 0) is 4.79 Å². The standard InChI is InChI=1S/C23H36N4O3/c1-25(2)23(29)27-14-11-18(12-15-27)22(28)24-16-19-6-5-13-26(3)21(19)17-7-9-20(30-4)10-8-17/h7-10,18-19,21H,5-6,11-16H2,1-4H3,(H,24,28). The zero-order valence-corrected chi connectivity index (χ0v) is 18.8. The van der Waals surface area contributed by atoms with Crippen LogP contribution in [0.2, 0.25) is 0 Å². The molecule has 2 saturated heterocycles. The molecule has 30 heavy (non-hydrogen) atoms. The molecule has 0 aromatic heterocycles. The predicted molar refractivity (Wildman–Crippen MR) is 117 cm³/mol. The van der Waals surface area contributed by atoms with E-state index in [2.05, 4.69) is 29.4 Å². The average molecular weight is 417 g/mol. The molecule has 1 aromatic carbocycles. The molecule has 2 aliphatic heterocycles. The highest BCUT2D eigenvalue weighted by molar-refractivity contribution is 5.79. The Morgan fingerprint density at radius 2 is 1.77 bits per heavy atom. The van der Waals surface area contributed by atoms with Gasteiger partial charge in [0, 0.05) is 45.7 Å². The quantitative estimate of drug-likeness (QED) is 0.801. The molecule has 2 aliphatic rings. The van der Waals surface area contributed by atoms with Crippen LogP contribution in [0.4, 0.5) is 4.79 Å². The predicted octanol–water partition coefficient (Wildman–Crippen LogP) is 2.59. The summed E-state index contributed by atoms with van der Waals surface area (Å²) in [5, 5.41) is 3.23. The van der Waals surface area contributed by atoms with Gasteiger partial charge >= 0.3 is 6.03 Å². The van der Waals surface area contributed by atoms with E-state index in [1.54, 1.807) is 26.1 Å². The lowest BCUT2D eigenvalue weighted by Gasteiger charge is -2.40. The van der Waals surface area contributed by atoms with E-state index in [1.165, 1.54) is 5.56 Å². The molecule has 1 aromatic rings. The van der Waals surface area contributed by atoms with Crippen LogP contribution in [0.25, 0.3) is 0 Å². The van der Waals surface area contributed by atoms with E-state index in [4.69, 9.17) is 4.74 Å². The number of methoxy groups -OCH3 is 1. The summed E-state index contributed by atoms with van der Waals surface area (Å²) in [7, 11) is 7.38. The molecule has 3 rings (SSSR count). The van der Waals surface area contributed by atoms with Crippen LogP contribution in [0.1, 0.15) is 37.3 Å². The molecule has 7 heteroatoms. The molecule has 0 spiro atoms. The van der Waals surface area contributed by atoms with Gasteiger partial charge < -0.3 is 19.9 Å². The summed E-state index contributed by atoms with van der Waals surface area (Å²) in [6.45, 7) is 3.06. The Bertz CT molecular complexity index is 714. The number of urea groups is 1. The van der Waals surface area contributed by atoms with Crippen molar-refractivity contribution < 1.29 is 14.3 Å². The third kappa shape index (κ3) is 5.25. The Morgan fingerprint density at radius 3 is 2.37 bits per heavy atom. The van der Waals surface area contributed by atoms with Crippen LogP contribution in [0.5, 0.6) is 5.75 Å². The summed E-state index contributed by atoms with van der Waals surface area (Å²) in [5.41, 5.74) is 1.27. The Labute approximate surface area is 180 Å². The second-order valence-corrected chi connectivity index (χ2v) is 8.78. The van der Waals surface area contributed by atoms with Crippen molar-refractivity contribution in [2.24, 2.45) is 11.8 Å². The Hall–Kier alpha value is -2.28. The van der Waals surface area contributed by atoms with Crippen molar-refractivity contribution in [1.82, 2.24) is 20.0 Å². The summed E-state index contributed by atoms with van der Waals surface area (Å²) in [4.78, 5) is 30.7. The number of carbonyl (C=O) groups is 2. The minimum absolute atomic E-state index is 0.00281. The van der Waals surface area contributed by atoms with Crippen molar-refractivity contribution in [2.45, 2.75) is 31.7 Å². The maximum atomic E-state index is 12.8. The molecule has 2 atom stereocenters. The molecule has 3 amide bonds. The van der Waals surface area contributed by atoms with Gasteiger partial charge in [0.2, 0.25) is 5.91 Å². The fourth-order valence-corrected chi connectivity index (χ4v) is 4.79. The maximum Gasteiger partial charge on any atom is 0.319 e. The Balaban J connectivity index is 1.55. The summed E-state index contributed by atoms with van der Waals surface area (Å²) in [5.74, 6) is 1.38. The summed E-state index contributed by atoms with van der Waals surface area (Å²) >= 11 is 0. The number of benzene rings is 1. The van der Waals surface area contributed by atoms with Gasteiger partial charge in [-0.05, 0) is 62.9 Å². The molecule has 0 radical (unpaired) electrons. The number of hydrogen-bond acceptors (Lipinski definition) is 4. The molecule has 2 heterocycles. The van der Waals surface area contributed by atoms with Gasteiger partial charge in [-0.15, -0.1) is 0 Å². The van der Waals surface area contributed by atoms with E-state index >= 15 is 0 Å². The number of amides is 3. The average Bonchev–Trinajstić information content (AvgIpc) is 2.77. The topological polar surface area (TPSA) is 65.1 Å². The van der Waals surface area contributed by atoms with Crippen molar-refractivity contribution in [3.05, 3.63) is 29.8 Å². The molecule has 1 N–H and O–H groups in total. The lowest BCUT2D eigenvalue weighted by molar-refractivity contribution is -0.126. The molecule has 0 aliphatic carbocycles. The third-order valence-electron chi connectivity index (χ3n) is 6.52.